The molecule has 154 valence electrons. The zero-order chi connectivity index (χ0) is 20.9. The first-order valence-electron chi connectivity index (χ1n) is 8.76. The standard InChI is InChI=1S/C17H21N7O3S2/c1-12-7-10-24(23-12)16-5-4-15(21-22-16)18-8-9-20-29(26,27)17-6-3-14(28-17)11-19-13(2)25/h3-7,10,20H,8-9,11H2,1-2H3,(H,18,21)(H,19,25). The van der Waals surface area contributed by atoms with Gasteiger partial charge < -0.3 is 10.6 Å². The van der Waals surface area contributed by atoms with Gasteiger partial charge in [-0.1, -0.05) is 0 Å². The van der Waals surface area contributed by atoms with Crippen molar-refractivity contribution < 1.29 is 13.2 Å². The summed E-state index contributed by atoms with van der Waals surface area (Å²) in [6, 6.07) is 8.61. The second-order valence-electron chi connectivity index (χ2n) is 6.13. The lowest BCUT2D eigenvalue weighted by molar-refractivity contribution is -0.119. The smallest absolute Gasteiger partial charge is 0.250 e. The van der Waals surface area contributed by atoms with E-state index >= 15 is 0 Å². The number of carbonyl (C=O) groups excluding carboxylic acids is 1. The van der Waals surface area contributed by atoms with Gasteiger partial charge in [0.2, 0.25) is 15.9 Å². The zero-order valence-corrected chi connectivity index (χ0v) is 17.5. The maximum absolute atomic E-state index is 12.3. The van der Waals surface area contributed by atoms with Crippen LogP contribution >= 0.6 is 11.3 Å². The largest absolute Gasteiger partial charge is 0.367 e. The summed E-state index contributed by atoms with van der Waals surface area (Å²) in [4.78, 5) is 11.7. The van der Waals surface area contributed by atoms with E-state index in [4.69, 9.17) is 0 Å². The van der Waals surface area contributed by atoms with Gasteiger partial charge in [0, 0.05) is 31.1 Å². The van der Waals surface area contributed by atoms with Crippen molar-refractivity contribution in [3.05, 3.63) is 47.1 Å². The predicted molar refractivity (Wildman–Crippen MR) is 109 cm³/mol. The van der Waals surface area contributed by atoms with Crippen LogP contribution in [0.1, 0.15) is 17.5 Å². The van der Waals surface area contributed by atoms with Crippen LogP contribution in [-0.2, 0) is 21.4 Å². The Hall–Kier alpha value is -2.83. The van der Waals surface area contributed by atoms with Gasteiger partial charge in [-0.25, -0.2) is 17.8 Å². The van der Waals surface area contributed by atoms with Crippen molar-refractivity contribution in [1.29, 1.82) is 0 Å². The van der Waals surface area contributed by atoms with E-state index in [9.17, 15) is 13.2 Å². The van der Waals surface area contributed by atoms with E-state index in [1.54, 1.807) is 29.1 Å². The van der Waals surface area contributed by atoms with E-state index in [1.807, 2.05) is 13.0 Å². The molecule has 0 bridgehead atoms. The van der Waals surface area contributed by atoms with Crippen molar-refractivity contribution >= 4 is 33.1 Å². The fourth-order valence-corrected chi connectivity index (χ4v) is 4.71. The van der Waals surface area contributed by atoms with Gasteiger partial charge in [0.15, 0.2) is 5.82 Å². The van der Waals surface area contributed by atoms with E-state index in [-0.39, 0.29) is 16.7 Å². The van der Waals surface area contributed by atoms with Crippen molar-refractivity contribution in [2.75, 3.05) is 18.4 Å². The molecule has 0 aliphatic rings. The van der Waals surface area contributed by atoms with Gasteiger partial charge in [-0.3, -0.25) is 4.79 Å². The van der Waals surface area contributed by atoms with E-state index in [2.05, 4.69) is 30.7 Å². The predicted octanol–water partition coefficient (Wildman–Crippen LogP) is 1.06. The Morgan fingerprint density at radius 3 is 2.62 bits per heavy atom. The summed E-state index contributed by atoms with van der Waals surface area (Å²) in [6.07, 6.45) is 1.80. The van der Waals surface area contributed by atoms with Gasteiger partial charge in [0.25, 0.3) is 0 Å². The highest BCUT2D eigenvalue weighted by Crippen LogP contribution is 2.21. The minimum absolute atomic E-state index is 0.164. The van der Waals surface area contributed by atoms with Crippen molar-refractivity contribution in [3.63, 3.8) is 0 Å². The van der Waals surface area contributed by atoms with E-state index < -0.39 is 10.0 Å². The van der Waals surface area contributed by atoms with E-state index in [0.29, 0.717) is 24.7 Å². The van der Waals surface area contributed by atoms with Gasteiger partial charge >= 0.3 is 0 Å². The lowest BCUT2D eigenvalue weighted by atomic mass is 10.4. The first kappa shape index (κ1) is 20.9. The highest BCUT2D eigenvalue weighted by molar-refractivity contribution is 7.91. The SMILES string of the molecule is CC(=O)NCc1ccc(S(=O)(=O)NCCNc2ccc(-n3ccc(C)n3)nn2)s1. The van der Waals surface area contributed by atoms with Crippen LogP contribution in [0.25, 0.3) is 5.82 Å². The maximum Gasteiger partial charge on any atom is 0.250 e. The average molecular weight is 436 g/mol. The van der Waals surface area contributed by atoms with Crippen molar-refractivity contribution in [3.8, 4) is 5.82 Å². The molecule has 3 heterocycles. The number of sulfonamides is 1. The number of rotatable bonds is 9. The minimum atomic E-state index is -3.60. The third-order valence-electron chi connectivity index (χ3n) is 3.74. The molecule has 3 aromatic rings. The monoisotopic (exact) mass is 435 g/mol. The molecule has 0 fully saturated rings. The fraction of sp³-hybridized carbons (Fsp3) is 0.294. The molecule has 3 rings (SSSR count). The Morgan fingerprint density at radius 1 is 1.14 bits per heavy atom. The molecular formula is C17H21N7O3S2. The van der Waals surface area contributed by atoms with Crippen LogP contribution in [0.15, 0.2) is 40.7 Å². The van der Waals surface area contributed by atoms with Crippen LogP contribution in [0.5, 0.6) is 0 Å². The Morgan fingerprint density at radius 2 is 1.97 bits per heavy atom. The quantitative estimate of drug-likeness (QED) is 0.428. The average Bonchev–Trinajstić information content (AvgIpc) is 3.34. The number of amides is 1. The lowest BCUT2D eigenvalue weighted by Gasteiger charge is -2.07. The van der Waals surface area contributed by atoms with Gasteiger partial charge in [0.05, 0.1) is 12.2 Å². The van der Waals surface area contributed by atoms with E-state index in [1.165, 1.54) is 13.0 Å². The maximum atomic E-state index is 12.3. The fourth-order valence-electron chi connectivity index (χ4n) is 2.34. The molecule has 0 radical (unpaired) electrons. The molecule has 3 N–H and O–H groups in total. The number of aromatic nitrogens is 4. The number of carbonyl (C=O) groups is 1. The third-order valence-corrected chi connectivity index (χ3v) is 6.78. The molecule has 0 saturated heterocycles. The van der Waals surface area contributed by atoms with E-state index in [0.717, 1.165) is 21.9 Å². The van der Waals surface area contributed by atoms with Crippen LogP contribution in [0.2, 0.25) is 0 Å². The van der Waals surface area contributed by atoms with Gasteiger partial charge in [-0.2, -0.15) is 5.10 Å². The highest BCUT2D eigenvalue weighted by Gasteiger charge is 2.16. The second-order valence-corrected chi connectivity index (χ2v) is 9.30. The number of hydrogen-bond acceptors (Lipinski definition) is 8. The van der Waals surface area contributed by atoms with Crippen LogP contribution in [0.4, 0.5) is 5.82 Å². The topological polar surface area (TPSA) is 131 Å². The summed E-state index contributed by atoms with van der Waals surface area (Å²) < 4.78 is 29.1. The van der Waals surface area contributed by atoms with Gasteiger partial charge in [-0.15, -0.1) is 21.5 Å². The number of anilines is 1. The van der Waals surface area contributed by atoms with Crippen LogP contribution in [0.3, 0.4) is 0 Å². The van der Waals surface area contributed by atoms with Crippen LogP contribution in [0, 0.1) is 6.92 Å². The molecule has 0 unspecified atom stereocenters. The third kappa shape index (κ3) is 5.82. The van der Waals surface area contributed by atoms with Crippen LogP contribution in [-0.4, -0.2) is 47.4 Å². The summed E-state index contributed by atoms with van der Waals surface area (Å²) in [6.45, 7) is 4.14. The number of hydrogen-bond donors (Lipinski definition) is 3. The number of aryl methyl sites for hydroxylation is 1. The first-order valence-corrected chi connectivity index (χ1v) is 11.1. The van der Waals surface area contributed by atoms with Crippen molar-refractivity contribution in [2.45, 2.75) is 24.6 Å². The molecule has 1 amide bonds. The molecule has 10 nitrogen and oxygen atoms in total. The molecule has 12 heteroatoms. The number of nitrogens with one attached hydrogen (secondary N) is 3. The van der Waals surface area contributed by atoms with Gasteiger partial charge in [-0.05, 0) is 37.3 Å². The van der Waals surface area contributed by atoms with Crippen LogP contribution < -0.4 is 15.4 Å². The molecule has 0 spiro atoms. The molecule has 29 heavy (non-hydrogen) atoms. The molecule has 3 aromatic heterocycles. The summed E-state index contributed by atoms with van der Waals surface area (Å²) in [5.74, 6) is 0.963. The minimum Gasteiger partial charge on any atom is -0.367 e. The van der Waals surface area contributed by atoms with Crippen molar-refractivity contribution in [1.82, 2.24) is 30.0 Å². The molecule has 0 aromatic carbocycles. The summed E-state index contributed by atoms with van der Waals surface area (Å²) in [5.41, 5.74) is 0.884. The molecular weight excluding hydrogens is 414 g/mol. The van der Waals surface area contributed by atoms with Gasteiger partial charge in [0.1, 0.15) is 10.0 Å². The first-order chi connectivity index (χ1) is 13.8. The van der Waals surface area contributed by atoms with Crippen molar-refractivity contribution in [2.24, 2.45) is 0 Å². The zero-order valence-electron chi connectivity index (χ0n) is 15.9. The molecule has 0 aliphatic heterocycles. The lowest BCUT2D eigenvalue weighted by Crippen LogP contribution is -2.28. The Bertz CT molecular complexity index is 1070. The summed E-state index contributed by atoms with van der Waals surface area (Å²) in [5, 5.41) is 18.1. The Kier molecular flexibility index (Phi) is 6.56. The Labute approximate surface area is 172 Å². The summed E-state index contributed by atoms with van der Waals surface area (Å²) in [7, 11) is -3.60. The second kappa shape index (κ2) is 9.11. The number of thiophene rings is 1. The molecule has 0 saturated carbocycles. The molecule has 0 atom stereocenters. The highest BCUT2D eigenvalue weighted by atomic mass is 32.2. The Balaban J connectivity index is 1.47. The molecule has 0 aliphatic carbocycles. The normalized spacial score (nSPS) is 11.4. The summed E-state index contributed by atoms with van der Waals surface area (Å²) >= 11 is 1.12. The number of nitrogens with zero attached hydrogens (tertiary/aromatic N) is 4.